The normalized spacial score (nSPS) is 20.4. The van der Waals surface area contributed by atoms with Crippen LogP contribution in [0.3, 0.4) is 0 Å². The van der Waals surface area contributed by atoms with Gasteiger partial charge in [-0.1, -0.05) is 5.16 Å². The van der Waals surface area contributed by atoms with Crippen LogP contribution in [0, 0.1) is 6.92 Å². The molecule has 0 unspecified atom stereocenters. The number of carbonyl (C=O) groups is 1. The van der Waals surface area contributed by atoms with Gasteiger partial charge in [0.2, 0.25) is 0 Å². The molecule has 0 bridgehead atoms. The number of amides is 1. The van der Waals surface area contributed by atoms with Gasteiger partial charge in [0.15, 0.2) is 5.69 Å². The van der Waals surface area contributed by atoms with Gasteiger partial charge >= 0.3 is 0 Å². The lowest BCUT2D eigenvalue weighted by atomic mass is 9.93. The van der Waals surface area contributed by atoms with Crippen LogP contribution in [0.2, 0.25) is 0 Å². The van der Waals surface area contributed by atoms with Gasteiger partial charge in [-0.2, -0.15) is 0 Å². The van der Waals surface area contributed by atoms with E-state index in [2.05, 4.69) is 15.1 Å². The molecule has 1 amide bonds. The van der Waals surface area contributed by atoms with Crippen molar-refractivity contribution >= 4 is 5.91 Å². The number of carbonyl (C=O) groups excluding carboxylic acids is 1. The second-order valence-electron chi connectivity index (χ2n) is 6.99. The molecule has 4 rings (SSSR count). The maximum absolute atomic E-state index is 13.0. The average Bonchev–Trinajstić information content (AvgIpc) is 3.04. The largest absolute Gasteiger partial charge is 0.360 e. The molecule has 25 heavy (non-hydrogen) atoms. The van der Waals surface area contributed by atoms with Crippen molar-refractivity contribution in [2.75, 3.05) is 13.1 Å². The number of aryl methyl sites for hydroxylation is 2. The Hall–Kier alpha value is -2.44. The Balaban J connectivity index is 1.56. The lowest BCUT2D eigenvalue weighted by molar-refractivity contribution is 0.0694. The van der Waals surface area contributed by atoms with E-state index in [-0.39, 0.29) is 17.4 Å². The van der Waals surface area contributed by atoms with E-state index in [9.17, 15) is 9.59 Å². The van der Waals surface area contributed by atoms with Crippen LogP contribution < -0.4 is 5.56 Å². The topological polar surface area (TPSA) is 92.1 Å². The van der Waals surface area contributed by atoms with Crippen LogP contribution in [0.25, 0.3) is 0 Å². The fourth-order valence-electron chi connectivity index (χ4n) is 3.92. The quantitative estimate of drug-likeness (QED) is 0.901. The van der Waals surface area contributed by atoms with E-state index in [1.54, 1.807) is 13.0 Å². The first-order valence-electron chi connectivity index (χ1n) is 8.96. The number of H-pyrrole nitrogens is 1. The molecule has 132 valence electrons. The van der Waals surface area contributed by atoms with Gasteiger partial charge in [0.25, 0.3) is 11.5 Å². The van der Waals surface area contributed by atoms with Gasteiger partial charge < -0.3 is 14.4 Å². The number of likely N-dealkylation sites (tertiary alicyclic amines) is 1. The molecule has 1 fully saturated rings. The highest BCUT2D eigenvalue weighted by Crippen LogP contribution is 2.29. The summed E-state index contributed by atoms with van der Waals surface area (Å²) < 4.78 is 5.39. The van der Waals surface area contributed by atoms with Crippen LogP contribution in [0.5, 0.6) is 0 Å². The van der Waals surface area contributed by atoms with Crippen LogP contribution in [0.1, 0.15) is 64.9 Å². The zero-order chi connectivity index (χ0) is 17.4. The van der Waals surface area contributed by atoms with E-state index in [0.717, 1.165) is 55.5 Å². The molecule has 1 aliphatic carbocycles. The maximum atomic E-state index is 13.0. The molecule has 0 aromatic carbocycles. The van der Waals surface area contributed by atoms with Crippen LogP contribution in [-0.2, 0) is 12.8 Å². The number of nitrogens with zero attached hydrogens (tertiary/aromatic N) is 3. The van der Waals surface area contributed by atoms with Gasteiger partial charge in [-0.05, 0) is 39.0 Å². The summed E-state index contributed by atoms with van der Waals surface area (Å²) in [4.78, 5) is 33.6. The number of fused-ring (bicyclic) bond motifs is 1. The van der Waals surface area contributed by atoms with Crippen molar-refractivity contribution in [3.05, 3.63) is 45.0 Å². The molecular formula is C18H22N4O3. The summed E-state index contributed by atoms with van der Waals surface area (Å²) in [5.74, 6) is 1.51. The Kier molecular flexibility index (Phi) is 4.15. The third-order valence-electron chi connectivity index (χ3n) is 5.16. The number of nitrogens with one attached hydrogen (secondary N) is 1. The molecule has 0 spiro atoms. The molecule has 3 heterocycles. The summed E-state index contributed by atoms with van der Waals surface area (Å²) >= 11 is 0. The average molecular weight is 342 g/mol. The third-order valence-corrected chi connectivity index (χ3v) is 5.16. The van der Waals surface area contributed by atoms with E-state index >= 15 is 0 Å². The van der Waals surface area contributed by atoms with E-state index < -0.39 is 0 Å². The predicted molar refractivity (Wildman–Crippen MR) is 90.6 cm³/mol. The molecule has 2 aromatic heterocycles. The molecule has 1 saturated heterocycles. The van der Waals surface area contributed by atoms with Crippen LogP contribution in [0.15, 0.2) is 15.4 Å². The molecule has 1 aliphatic heterocycles. The Morgan fingerprint density at radius 3 is 3.00 bits per heavy atom. The van der Waals surface area contributed by atoms with Gasteiger partial charge in [0, 0.05) is 37.1 Å². The van der Waals surface area contributed by atoms with Crippen LogP contribution in [-0.4, -0.2) is 39.0 Å². The monoisotopic (exact) mass is 342 g/mol. The summed E-state index contributed by atoms with van der Waals surface area (Å²) in [5, 5.41) is 4.06. The number of aromatic amines is 1. The molecule has 1 N–H and O–H groups in total. The predicted octanol–water partition coefficient (Wildman–Crippen LogP) is 1.96. The molecular weight excluding hydrogens is 320 g/mol. The van der Waals surface area contributed by atoms with E-state index in [1.807, 2.05) is 4.90 Å². The molecule has 2 aliphatic rings. The van der Waals surface area contributed by atoms with Gasteiger partial charge in [-0.15, -0.1) is 0 Å². The second-order valence-corrected chi connectivity index (χ2v) is 6.99. The summed E-state index contributed by atoms with van der Waals surface area (Å²) in [5.41, 5.74) is 2.09. The number of piperidine rings is 1. The molecule has 2 aromatic rings. The highest BCUT2D eigenvalue weighted by Gasteiger charge is 2.31. The summed E-state index contributed by atoms with van der Waals surface area (Å²) in [6.45, 7) is 3.05. The zero-order valence-electron chi connectivity index (χ0n) is 14.4. The zero-order valence-corrected chi connectivity index (χ0v) is 14.4. The van der Waals surface area contributed by atoms with Crippen molar-refractivity contribution in [1.82, 2.24) is 20.0 Å². The Morgan fingerprint density at radius 1 is 1.32 bits per heavy atom. The smallest absolute Gasteiger partial charge is 0.276 e. The maximum Gasteiger partial charge on any atom is 0.276 e. The minimum absolute atomic E-state index is 0.0573. The lowest BCUT2D eigenvalue weighted by Crippen LogP contribution is -2.40. The van der Waals surface area contributed by atoms with Gasteiger partial charge in [0.05, 0.1) is 5.69 Å². The van der Waals surface area contributed by atoms with Crippen LogP contribution >= 0.6 is 0 Å². The fraction of sp³-hybridized carbons (Fsp3) is 0.556. The standard InChI is InChI=1S/C18H22N4O3/c1-11-19-14(9-16(23)20-11)12-5-4-8-22(10-12)18(24)17-13-6-2-3-7-15(13)25-21-17/h9,12H,2-8,10H2,1H3,(H,19,20,23)/t12-/m0/s1. The minimum atomic E-state index is -0.142. The molecule has 7 heteroatoms. The van der Waals surface area contributed by atoms with Crippen molar-refractivity contribution in [2.45, 2.75) is 51.4 Å². The highest BCUT2D eigenvalue weighted by atomic mass is 16.5. The third kappa shape index (κ3) is 3.10. The Labute approximate surface area is 145 Å². The minimum Gasteiger partial charge on any atom is -0.360 e. The van der Waals surface area contributed by atoms with Crippen molar-refractivity contribution in [3.8, 4) is 0 Å². The number of hydrogen-bond acceptors (Lipinski definition) is 5. The molecule has 0 radical (unpaired) electrons. The Bertz CT molecular complexity index is 854. The van der Waals surface area contributed by atoms with Crippen molar-refractivity contribution in [3.63, 3.8) is 0 Å². The van der Waals surface area contributed by atoms with Gasteiger partial charge in [-0.3, -0.25) is 9.59 Å². The Morgan fingerprint density at radius 2 is 2.16 bits per heavy atom. The summed E-state index contributed by atoms with van der Waals surface area (Å²) in [6, 6.07) is 1.55. The number of aromatic nitrogens is 3. The molecule has 7 nitrogen and oxygen atoms in total. The number of hydrogen-bond donors (Lipinski definition) is 1. The second kappa shape index (κ2) is 6.46. The van der Waals surface area contributed by atoms with Gasteiger partial charge in [0.1, 0.15) is 11.6 Å². The van der Waals surface area contributed by atoms with E-state index in [1.165, 1.54) is 0 Å². The summed E-state index contributed by atoms with van der Waals surface area (Å²) in [6.07, 6.45) is 5.73. The first-order chi connectivity index (χ1) is 12.1. The van der Waals surface area contributed by atoms with Crippen LogP contribution in [0.4, 0.5) is 0 Å². The first kappa shape index (κ1) is 16.1. The number of rotatable bonds is 2. The van der Waals surface area contributed by atoms with Crippen molar-refractivity contribution in [2.24, 2.45) is 0 Å². The van der Waals surface area contributed by atoms with Crippen molar-refractivity contribution in [1.29, 1.82) is 0 Å². The molecule has 0 saturated carbocycles. The van der Waals surface area contributed by atoms with Crippen molar-refractivity contribution < 1.29 is 9.32 Å². The fourth-order valence-corrected chi connectivity index (χ4v) is 3.92. The molecule has 1 atom stereocenters. The first-order valence-corrected chi connectivity index (χ1v) is 8.96. The van der Waals surface area contributed by atoms with Gasteiger partial charge in [-0.25, -0.2) is 4.98 Å². The summed E-state index contributed by atoms with van der Waals surface area (Å²) in [7, 11) is 0. The highest BCUT2D eigenvalue weighted by molar-refractivity contribution is 5.94. The lowest BCUT2D eigenvalue weighted by Gasteiger charge is -2.32. The van der Waals surface area contributed by atoms with E-state index in [0.29, 0.717) is 24.6 Å². The van der Waals surface area contributed by atoms with E-state index in [4.69, 9.17) is 4.52 Å². The SMILES string of the molecule is Cc1nc([C@H]2CCCN(C(=O)c3noc4c3CCCC4)C2)cc(=O)[nH]1.